The molecule has 0 spiro atoms. The number of hydrogen-bond donors (Lipinski definition) is 4. The van der Waals surface area contributed by atoms with Gasteiger partial charge in [0, 0.05) is 29.9 Å². The van der Waals surface area contributed by atoms with Gasteiger partial charge in [0.1, 0.15) is 23.5 Å². The van der Waals surface area contributed by atoms with Gasteiger partial charge in [0.05, 0.1) is 5.69 Å². The van der Waals surface area contributed by atoms with E-state index in [4.69, 9.17) is 0 Å². The Morgan fingerprint density at radius 2 is 1.81 bits per heavy atom. The number of aromatic nitrogens is 3. The number of rotatable bonds is 7. The lowest BCUT2D eigenvalue weighted by molar-refractivity contribution is -0.132. The number of aromatic amines is 1. The highest BCUT2D eigenvalue weighted by molar-refractivity contribution is 5.97. The minimum absolute atomic E-state index is 0.261. The number of anilines is 1. The van der Waals surface area contributed by atoms with Gasteiger partial charge in [-0.1, -0.05) is 19.9 Å². The molecule has 2 atom stereocenters. The summed E-state index contributed by atoms with van der Waals surface area (Å²) in [5.41, 5.74) is 0.870. The van der Waals surface area contributed by atoms with Gasteiger partial charge in [0.25, 0.3) is 5.91 Å². The highest BCUT2D eigenvalue weighted by atomic mass is 19.1. The number of halogens is 2. The van der Waals surface area contributed by atoms with Crippen LogP contribution in [0.15, 0.2) is 48.8 Å². The molecule has 2 aromatic heterocycles. The van der Waals surface area contributed by atoms with Gasteiger partial charge in [-0.2, -0.15) is 5.10 Å². The third kappa shape index (κ3) is 5.14. The lowest BCUT2D eigenvalue weighted by Gasteiger charge is -2.22. The van der Waals surface area contributed by atoms with Gasteiger partial charge in [-0.05, 0) is 36.2 Å². The maximum Gasteiger partial charge on any atom is 0.254 e. The number of amides is 2. The molecule has 32 heavy (non-hydrogen) atoms. The minimum atomic E-state index is -1.84. The number of aliphatic hydroxyl groups is 1. The highest BCUT2D eigenvalue weighted by Crippen LogP contribution is 2.30. The molecule has 0 aliphatic carbocycles. The molecule has 0 aliphatic rings. The Balaban J connectivity index is 1.63. The number of hydrogen-bond acceptors (Lipinski definition) is 5. The summed E-state index contributed by atoms with van der Waals surface area (Å²) in [6.07, 6.45) is 1.57. The topological polar surface area (TPSA) is 120 Å². The molecule has 3 aromatic rings. The van der Waals surface area contributed by atoms with E-state index in [0.29, 0.717) is 17.6 Å². The van der Waals surface area contributed by atoms with Gasteiger partial charge >= 0.3 is 0 Å². The van der Waals surface area contributed by atoms with E-state index in [1.54, 1.807) is 18.5 Å². The van der Waals surface area contributed by atoms with Crippen molar-refractivity contribution in [1.82, 2.24) is 20.5 Å². The molecule has 168 valence electrons. The molecule has 0 radical (unpaired) electrons. The number of aliphatic hydroxyl groups excluding tert-OH is 1. The van der Waals surface area contributed by atoms with E-state index in [0.717, 1.165) is 17.7 Å². The molecule has 0 aliphatic heterocycles. The first-order valence-corrected chi connectivity index (χ1v) is 9.79. The monoisotopic (exact) mass is 443 g/mol. The average molecular weight is 443 g/mol. The van der Waals surface area contributed by atoms with Crippen LogP contribution in [0, 0.1) is 11.6 Å². The van der Waals surface area contributed by atoms with Crippen LogP contribution in [0.4, 0.5) is 14.6 Å². The van der Waals surface area contributed by atoms with E-state index in [9.17, 15) is 23.5 Å². The van der Waals surface area contributed by atoms with Crippen LogP contribution >= 0.6 is 0 Å². The van der Waals surface area contributed by atoms with Crippen LogP contribution in [0.2, 0.25) is 0 Å². The van der Waals surface area contributed by atoms with E-state index in [1.807, 2.05) is 26.0 Å². The summed E-state index contributed by atoms with van der Waals surface area (Å²) in [5, 5.41) is 22.0. The third-order valence-electron chi connectivity index (χ3n) is 5.06. The first-order chi connectivity index (χ1) is 15.1. The lowest BCUT2D eigenvalue weighted by Crippen LogP contribution is -2.43. The van der Waals surface area contributed by atoms with Crippen molar-refractivity contribution in [1.29, 1.82) is 0 Å². The van der Waals surface area contributed by atoms with Gasteiger partial charge in [-0.3, -0.25) is 19.7 Å². The zero-order chi connectivity index (χ0) is 23.5. The summed E-state index contributed by atoms with van der Waals surface area (Å²) in [6, 6.07) is 6.68. The van der Waals surface area contributed by atoms with Gasteiger partial charge in [0.15, 0.2) is 6.10 Å². The van der Waals surface area contributed by atoms with Crippen LogP contribution in [0.3, 0.4) is 0 Å². The SMILES string of the molecule is CC(NC(=O)C(O)c1cc(F)cc(F)c1)C(=O)Nc1cc(C(C)(C)c2cccnc2)n[nH]1. The number of nitrogens with one attached hydrogen (secondary N) is 3. The van der Waals surface area contributed by atoms with E-state index >= 15 is 0 Å². The van der Waals surface area contributed by atoms with Crippen LogP contribution in [-0.4, -0.2) is 38.1 Å². The Morgan fingerprint density at radius 1 is 1.12 bits per heavy atom. The predicted octanol–water partition coefficient (Wildman–Crippen LogP) is 2.59. The van der Waals surface area contributed by atoms with E-state index in [-0.39, 0.29) is 5.56 Å². The first kappa shape index (κ1) is 23.0. The smallest absolute Gasteiger partial charge is 0.254 e. The Bertz CT molecular complexity index is 1100. The molecule has 0 fully saturated rings. The zero-order valence-electron chi connectivity index (χ0n) is 17.7. The van der Waals surface area contributed by atoms with Crippen LogP contribution in [0.5, 0.6) is 0 Å². The number of H-pyrrole nitrogens is 1. The van der Waals surface area contributed by atoms with Crippen molar-refractivity contribution in [2.75, 3.05) is 5.32 Å². The highest BCUT2D eigenvalue weighted by Gasteiger charge is 2.27. The predicted molar refractivity (Wildman–Crippen MR) is 113 cm³/mol. The maximum atomic E-state index is 13.3. The van der Waals surface area contributed by atoms with Crippen LogP contribution < -0.4 is 10.6 Å². The Hall–Kier alpha value is -3.66. The van der Waals surface area contributed by atoms with Gasteiger partial charge in [-0.25, -0.2) is 8.78 Å². The number of nitrogens with zero attached hydrogens (tertiary/aromatic N) is 2. The molecule has 4 N–H and O–H groups in total. The largest absolute Gasteiger partial charge is 0.378 e. The summed E-state index contributed by atoms with van der Waals surface area (Å²) in [4.78, 5) is 28.8. The summed E-state index contributed by atoms with van der Waals surface area (Å²) in [6.45, 7) is 5.33. The third-order valence-corrected chi connectivity index (χ3v) is 5.06. The summed E-state index contributed by atoms with van der Waals surface area (Å²) in [5.74, 6) is -3.09. The van der Waals surface area contributed by atoms with Crippen LogP contribution in [-0.2, 0) is 15.0 Å². The lowest BCUT2D eigenvalue weighted by atomic mass is 9.82. The van der Waals surface area contributed by atoms with Gasteiger partial charge in [0.2, 0.25) is 5.91 Å². The molecule has 1 aromatic carbocycles. The molecule has 10 heteroatoms. The Labute approximate surface area is 183 Å². The average Bonchev–Trinajstić information content (AvgIpc) is 3.22. The molecule has 2 unspecified atom stereocenters. The van der Waals surface area contributed by atoms with Crippen molar-refractivity contribution in [2.24, 2.45) is 0 Å². The van der Waals surface area contributed by atoms with Crippen molar-refractivity contribution in [3.05, 3.63) is 77.2 Å². The second-order valence-electron chi connectivity index (χ2n) is 7.86. The van der Waals surface area contributed by atoms with E-state index in [1.165, 1.54) is 6.92 Å². The second kappa shape index (κ2) is 9.23. The molecule has 0 saturated heterocycles. The van der Waals surface area contributed by atoms with Crippen LogP contribution in [0.25, 0.3) is 0 Å². The van der Waals surface area contributed by atoms with Gasteiger partial charge < -0.3 is 15.7 Å². The van der Waals surface area contributed by atoms with E-state index < -0.39 is 41.0 Å². The standard InChI is InChI=1S/C22H23F2N5O3/c1-12(26-21(32)19(30)13-7-15(23)9-16(24)8-13)20(31)27-18-10-17(28-29-18)22(2,3)14-5-4-6-25-11-14/h4-12,19,30H,1-3H3,(H,26,32)(H2,27,28,29,31). The molecular formula is C22H23F2N5O3. The fraction of sp³-hybridized carbons (Fsp3) is 0.273. The molecule has 3 rings (SSSR count). The van der Waals surface area contributed by atoms with Crippen molar-refractivity contribution in [2.45, 2.75) is 38.3 Å². The fourth-order valence-corrected chi connectivity index (χ4v) is 3.07. The number of carbonyl (C=O) groups is 2. The molecule has 2 amide bonds. The maximum absolute atomic E-state index is 13.3. The fourth-order valence-electron chi connectivity index (χ4n) is 3.07. The van der Waals surface area contributed by atoms with Crippen molar-refractivity contribution < 1.29 is 23.5 Å². The van der Waals surface area contributed by atoms with Crippen molar-refractivity contribution in [3.63, 3.8) is 0 Å². The van der Waals surface area contributed by atoms with Gasteiger partial charge in [-0.15, -0.1) is 0 Å². The summed E-state index contributed by atoms with van der Waals surface area (Å²) >= 11 is 0. The first-order valence-electron chi connectivity index (χ1n) is 9.79. The molecule has 2 heterocycles. The number of carbonyl (C=O) groups excluding carboxylic acids is 2. The quantitative estimate of drug-likeness (QED) is 0.447. The molecule has 0 bridgehead atoms. The molecule has 0 saturated carbocycles. The normalized spacial score (nSPS) is 13.3. The van der Waals surface area contributed by atoms with Crippen molar-refractivity contribution >= 4 is 17.6 Å². The molecule has 8 nitrogen and oxygen atoms in total. The summed E-state index contributed by atoms with van der Waals surface area (Å²) in [7, 11) is 0. The van der Waals surface area contributed by atoms with Crippen molar-refractivity contribution in [3.8, 4) is 0 Å². The number of benzene rings is 1. The van der Waals surface area contributed by atoms with Crippen LogP contribution in [0.1, 0.15) is 43.7 Å². The Kier molecular flexibility index (Phi) is 6.64. The summed E-state index contributed by atoms with van der Waals surface area (Å²) < 4.78 is 26.6. The number of pyridine rings is 1. The Morgan fingerprint density at radius 3 is 2.44 bits per heavy atom. The van der Waals surface area contributed by atoms with E-state index in [2.05, 4.69) is 25.8 Å². The second-order valence-corrected chi connectivity index (χ2v) is 7.86. The minimum Gasteiger partial charge on any atom is -0.378 e. The zero-order valence-corrected chi connectivity index (χ0v) is 17.7. The molecular weight excluding hydrogens is 420 g/mol.